The fourth-order valence-corrected chi connectivity index (χ4v) is 2.81. The van der Waals surface area contributed by atoms with Crippen molar-refractivity contribution in [2.75, 3.05) is 19.8 Å². The monoisotopic (exact) mass is 367 g/mol. The molecule has 5 heteroatoms. The summed E-state index contributed by atoms with van der Waals surface area (Å²) in [5.41, 5.74) is 1.18. The normalized spacial score (nSPS) is 17.8. The molecule has 1 aliphatic heterocycles. The number of ether oxygens (including phenoxy) is 1. The number of unbranched alkanes of at least 4 members (excludes halogenated alkanes) is 1. The van der Waals surface area contributed by atoms with E-state index in [-0.39, 0.29) is 5.91 Å². The first kappa shape index (κ1) is 19.0. The fraction of sp³-hybridized carbons (Fsp3) is 0.421. The molecule has 3 nitrogen and oxygen atoms in total. The highest BCUT2D eigenvalue weighted by Crippen LogP contribution is 2.23. The Labute approximate surface area is 153 Å². The lowest BCUT2D eigenvalue weighted by atomic mass is 10.1. The van der Waals surface area contributed by atoms with Crippen LogP contribution in [0, 0.1) is 5.92 Å². The van der Waals surface area contributed by atoms with Gasteiger partial charge in [0, 0.05) is 25.1 Å². The molecule has 24 heavy (non-hydrogen) atoms. The van der Waals surface area contributed by atoms with E-state index >= 15 is 0 Å². The van der Waals surface area contributed by atoms with E-state index < -0.39 is 0 Å². The van der Waals surface area contributed by atoms with Crippen LogP contribution in [0.25, 0.3) is 0 Å². The van der Waals surface area contributed by atoms with Gasteiger partial charge >= 0.3 is 0 Å². The van der Waals surface area contributed by atoms with Crippen LogP contribution >= 0.6 is 23.2 Å². The number of carbonyl (C=O) groups is 1. The van der Waals surface area contributed by atoms with E-state index in [0.717, 1.165) is 38.9 Å². The Balaban J connectivity index is 1.57. The minimum absolute atomic E-state index is 0.0534. The lowest BCUT2D eigenvalue weighted by Crippen LogP contribution is -2.27. The number of rotatable bonds is 8. The van der Waals surface area contributed by atoms with Gasteiger partial charge in [-0.25, -0.2) is 0 Å². The third kappa shape index (κ3) is 7.08. The quantitative estimate of drug-likeness (QED) is 0.414. The highest BCUT2D eigenvalue weighted by atomic mass is 35.5. The van der Waals surface area contributed by atoms with Crippen LogP contribution in [0.15, 0.2) is 42.5 Å². The maximum atomic E-state index is 11.6. The van der Waals surface area contributed by atoms with Crippen molar-refractivity contribution in [3.8, 4) is 0 Å². The van der Waals surface area contributed by atoms with Crippen LogP contribution in [0.1, 0.15) is 24.8 Å². The molecule has 1 aliphatic rings. The predicted octanol–water partition coefficient (Wildman–Crippen LogP) is 4.58. The summed E-state index contributed by atoms with van der Waals surface area (Å²) in [6, 6.07) is 5.74. The number of allylic oxidation sites excluding steroid dienone is 3. The first-order chi connectivity index (χ1) is 11.6. The van der Waals surface area contributed by atoms with Gasteiger partial charge in [-0.05, 0) is 43.4 Å². The second-order valence-corrected chi connectivity index (χ2v) is 6.72. The average Bonchev–Trinajstić information content (AvgIpc) is 3.09. The molecule has 0 saturated carbocycles. The SMILES string of the molecule is O=C(C=CC=CCCCc1ccc(Cl)c(Cl)c1)NCC1CCOC1. The maximum absolute atomic E-state index is 11.6. The molecule has 130 valence electrons. The number of aryl methyl sites for hydroxylation is 1. The molecule has 1 aromatic carbocycles. The Kier molecular flexibility index (Phi) is 8.37. The molecule has 1 heterocycles. The second kappa shape index (κ2) is 10.5. The summed E-state index contributed by atoms with van der Waals surface area (Å²) in [5, 5.41) is 4.08. The summed E-state index contributed by atoms with van der Waals surface area (Å²) in [6.07, 6.45) is 11.3. The zero-order chi connectivity index (χ0) is 17.2. The highest BCUT2D eigenvalue weighted by Gasteiger charge is 2.15. The zero-order valence-corrected chi connectivity index (χ0v) is 15.2. The van der Waals surface area contributed by atoms with Gasteiger partial charge in [0.05, 0.1) is 16.7 Å². The van der Waals surface area contributed by atoms with E-state index in [0.29, 0.717) is 22.5 Å². The summed E-state index contributed by atoms with van der Waals surface area (Å²) in [7, 11) is 0. The number of nitrogens with one attached hydrogen (secondary N) is 1. The van der Waals surface area contributed by atoms with E-state index in [1.54, 1.807) is 12.2 Å². The summed E-state index contributed by atoms with van der Waals surface area (Å²) in [4.78, 5) is 11.6. The van der Waals surface area contributed by atoms with Gasteiger partial charge in [-0.1, -0.05) is 47.5 Å². The lowest BCUT2D eigenvalue weighted by molar-refractivity contribution is -0.116. The van der Waals surface area contributed by atoms with Crippen LogP contribution in [0.2, 0.25) is 10.0 Å². The van der Waals surface area contributed by atoms with E-state index in [2.05, 4.69) is 11.4 Å². The van der Waals surface area contributed by atoms with Crippen LogP contribution in [0.5, 0.6) is 0 Å². The van der Waals surface area contributed by atoms with Crippen molar-refractivity contribution in [2.45, 2.75) is 25.7 Å². The van der Waals surface area contributed by atoms with Gasteiger partial charge in [-0.2, -0.15) is 0 Å². The smallest absolute Gasteiger partial charge is 0.243 e. The Morgan fingerprint density at radius 3 is 2.92 bits per heavy atom. The predicted molar refractivity (Wildman–Crippen MR) is 99.6 cm³/mol. The number of amides is 1. The molecule has 1 amide bonds. The Bertz CT molecular complexity index is 593. The minimum atomic E-state index is -0.0534. The van der Waals surface area contributed by atoms with Crippen molar-refractivity contribution in [3.05, 3.63) is 58.1 Å². The molecule has 0 radical (unpaired) electrons. The summed E-state index contributed by atoms with van der Waals surface area (Å²) >= 11 is 11.9. The van der Waals surface area contributed by atoms with Gasteiger partial charge in [0.25, 0.3) is 0 Å². The Hall–Kier alpha value is -1.29. The van der Waals surface area contributed by atoms with Crippen molar-refractivity contribution in [1.29, 1.82) is 0 Å². The molecule has 1 unspecified atom stereocenters. The maximum Gasteiger partial charge on any atom is 0.243 e. The molecular formula is C19H23Cl2NO2. The topological polar surface area (TPSA) is 38.3 Å². The molecule has 0 aliphatic carbocycles. The minimum Gasteiger partial charge on any atom is -0.381 e. The third-order valence-electron chi connectivity index (χ3n) is 3.90. The number of hydrogen-bond acceptors (Lipinski definition) is 2. The van der Waals surface area contributed by atoms with Crippen LogP contribution in [-0.4, -0.2) is 25.7 Å². The molecule has 0 bridgehead atoms. The van der Waals surface area contributed by atoms with E-state index in [4.69, 9.17) is 27.9 Å². The van der Waals surface area contributed by atoms with E-state index in [1.807, 2.05) is 24.3 Å². The first-order valence-corrected chi connectivity index (χ1v) is 9.03. The fourth-order valence-electron chi connectivity index (χ4n) is 2.49. The molecule has 0 spiro atoms. The molecule has 1 aromatic rings. The lowest BCUT2D eigenvalue weighted by Gasteiger charge is -2.06. The Morgan fingerprint density at radius 1 is 1.29 bits per heavy atom. The second-order valence-electron chi connectivity index (χ2n) is 5.90. The number of hydrogen-bond donors (Lipinski definition) is 1. The highest BCUT2D eigenvalue weighted by molar-refractivity contribution is 6.42. The standard InChI is InChI=1S/C19H23Cl2NO2/c20-17-9-8-15(12-18(17)21)6-4-2-1-3-5-7-19(23)22-13-16-10-11-24-14-16/h1,3,5,7-9,12,16H,2,4,6,10-11,13-14H2,(H,22,23). The molecular weight excluding hydrogens is 345 g/mol. The van der Waals surface area contributed by atoms with Crippen molar-refractivity contribution in [3.63, 3.8) is 0 Å². The first-order valence-electron chi connectivity index (χ1n) is 8.28. The molecule has 1 N–H and O–H groups in total. The van der Waals surface area contributed by atoms with E-state index in [9.17, 15) is 4.79 Å². The summed E-state index contributed by atoms with van der Waals surface area (Å²) in [5.74, 6) is 0.404. The molecule has 1 atom stereocenters. The molecule has 0 aromatic heterocycles. The van der Waals surface area contributed by atoms with E-state index in [1.165, 1.54) is 5.56 Å². The number of benzene rings is 1. The van der Waals surface area contributed by atoms with Gasteiger partial charge in [-0.3, -0.25) is 4.79 Å². The van der Waals surface area contributed by atoms with Gasteiger partial charge in [0.15, 0.2) is 0 Å². The van der Waals surface area contributed by atoms with Crippen LogP contribution in [0.4, 0.5) is 0 Å². The third-order valence-corrected chi connectivity index (χ3v) is 4.64. The largest absolute Gasteiger partial charge is 0.381 e. The number of carbonyl (C=O) groups excluding carboxylic acids is 1. The molecule has 1 fully saturated rings. The van der Waals surface area contributed by atoms with Gasteiger partial charge in [0.2, 0.25) is 5.91 Å². The average molecular weight is 368 g/mol. The van der Waals surface area contributed by atoms with Gasteiger partial charge < -0.3 is 10.1 Å². The van der Waals surface area contributed by atoms with Crippen LogP contribution < -0.4 is 5.32 Å². The molecule has 2 rings (SSSR count). The summed E-state index contributed by atoms with van der Waals surface area (Å²) in [6.45, 7) is 2.25. The van der Waals surface area contributed by atoms with Crippen molar-refractivity contribution in [1.82, 2.24) is 5.32 Å². The van der Waals surface area contributed by atoms with Gasteiger partial charge in [0.1, 0.15) is 0 Å². The van der Waals surface area contributed by atoms with Crippen molar-refractivity contribution in [2.24, 2.45) is 5.92 Å². The van der Waals surface area contributed by atoms with Crippen molar-refractivity contribution >= 4 is 29.1 Å². The Morgan fingerprint density at radius 2 is 2.17 bits per heavy atom. The van der Waals surface area contributed by atoms with Crippen LogP contribution in [0.3, 0.4) is 0 Å². The van der Waals surface area contributed by atoms with Crippen LogP contribution in [-0.2, 0) is 16.0 Å². The van der Waals surface area contributed by atoms with Gasteiger partial charge in [-0.15, -0.1) is 0 Å². The zero-order valence-electron chi connectivity index (χ0n) is 13.6. The van der Waals surface area contributed by atoms with Crippen molar-refractivity contribution < 1.29 is 9.53 Å². The summed E-state index contributed by atoms with van der Waals surface area (Å²) < 4.78 is 5.28. The molecule has 1 saturated heterocycles. The number of halogens is 2.